The summed E-state index contributed by atoms with van der Waals surface area (Å²) in [5.41, 5.74) is 0.388. The van der Waals surface area contributed by atoms with Crippen LogP contribution in [0.3, 0.4) is 0 Å². The van der Waals surface area contributed by atoms with Crippen LogP contribution in [0.15, 0.2) is 46.2 Å². The summed E-state index contributed by atoms with van der Waals surface area (Å²) in [5, 5.41) is 9.33. The Balaban J connectivity index is 2.48. The number of methoxy groups -OCH3 is 1. The number of nitrogens with zero attached hydrogens (tertiary/aromatic N) is 1. The van der Waals surface area contributed by atoms with Gasteiger partial charge in [0.2, 0.25) is 10.0 Å². The van der Waals surface area contributed by atoms with E-state index in [0.717, 1.165) is 0 Å². The first kappa shape index (κ1) is 23.4. The Labute approximate surface area is 176 Å². The lowest BCUT2D eigenvalue weighted by Crippen LogP contribution is -2.30. The minimum atomic E-state index is -4.08. The first-order valence-corrected chi connectivity index (χ1v) is 12.0. The predicted octanol–water partition coefficient (Wildman–Crippen LogP) is 2.67. The summed E-state index contributed by atoms with van der Waals surface area (Å²) in [6.07, 6.45) is 0. The molecular formula is C18H23ClN2O6S2. The van der Waals surface area contributed by atoms with Crippen LogP contribution in [-0.4, -0.2) is 46.4 Å². The van der Waals surface area contributed by atoms with Crippen LogP contribution in [0.4, 0.5) is 5.69 Å². The van der Waals surface area contributed by atoms with Crippen LogP contribution in [0.25, 0.3) is 0 Å². The third-order valence-corrected chi connectivity index (χ3v) is 8.07. The van der Waals surface area contributed by atoms with Gasteiger partial charge in [-0.15, -0.1) is 0 Å². The Morgan fingerprint density at radius 2 is 1.72 bits per heavy atom. The molecule has 0 spiro atoms. The number of ether oxygens (including phenoxy) is 1. The quantitative estimate of drug-likeness (QED) is 0.592. The van der Waals surface area contributed by atoms with Gasteiger partial charge in [0.25, 0.3) is 10.0 Å². The predicted molar refractivity (Wildman–Crippen MR) is 111 cm³/mol. The molecule has 29 heavy (non-hydrogen) atoms. The zero-order valence-corrected chi connectivity index (χ0v) is 18.6. The fraction of sp³-hybridized carbons (Fsp3) is 0.333. The molecule has 0 aliphatic carbocycles. The number of nitrogens with one attached hydrogen (secondary N) is 1. The second-order valence-corrected chi connectivity index (χ2v) is 10.0. The first-order chi connectivity index (χ1) is 13.6. The lowest BCUT2D eigenvalue weighted by molar-refractivity contribution is 0.280. The van der Waals surface area contributed by atoms with Crippen LogP contribution in [0.5, 0.6) is 5.75 Å². The molecule has 0 saturated heterocycles. The minimum Gasteiger partial charge on any atom is -0.497 e. The summed E-state index contributed by atoms with van der Waals surface area (Å²) >= 11 is 6.08. The van der Waals surface area contributed by atoms with E-state index in [-0.39, 0.29) is 45.9 Å². The van der Waals surface area contributed by atoms with Crippen molar-refractivity contribution >= 4 is 37.3 Å². The lowest BCUT2D eigenvalue weighted by atomic mass is 10.2. The van der Waals surface area contributed by atoms with E-state index in [1.54, 1.807) is 13.8 Å². The van der Waals surface area contributed by atoms with Crippen molar-refractivity contribution in [3.63, 3.8) is 0 Å². The maximum absolute atomic E-state index is 12.8. The Bertz CT molecular complexity index is 1060. The fourth-order valence-corrected chi connectivity index (χ4v) is 5.77. The number of aliphatic hydroxyl groups excluding tert-OH is 1. The van der Waals surface area contributed by atoms with Crippen LogP contribution in [0.1, 0.15) is 19.4 Å². The summed E-state index contributed by atoms with van der Waals surface area (Å²) in [6, 6.07) is 7.98. The molecule has 0 aliphatic rings. The van der Waals surface area contributed by atoms with Crippen molar-refractivity contribution in [2.75, 3.05) is 24.9 Å². The van der Waals surface area contributed by atoms with E-state index < -0.39 is 20.0 Å². The molecule has 2 aromatic carbocycles. The number of anilines is 1. The van der Waals surface area contributed by atoms with Crippen LogP contribution in [0, 0.1) is 0 Å². The van der Waals surface area contributed by atoms with Crippen molar-refractivity contribution in [3.05, 3.63) is 47.0 Å². The van der Waals surface area contributed by atoms with Gasteiger partial charge in [0.1, 0.15) is 10.6 Å². The van der Waals surface area contributed by atoms with Crippen molar-refractivity contribution in [1.29, 1.82) is 0 Å². The van der Waals surface area contributed by atoms with Gasteiger partial charge < -0.3 is 9.84 Å². The van der Waals surface area contributed by atoms with Crippen molar-refractivity contribution in [3.8, 4) is 5.75 Å². The number of hydrogen-bond acceptors (Lipinski definition) is 6. The molecule has 0 heterocycles. The number of benzene rings is 2. The van der Waals surface area contributed by atoms with E-state index in [0.29, 0.717) is 5.56 Å². The van der Waals surface area contributed by atoms with Gasteiger partial charge in [-0.1, -0.05) is 25.4 Å². The van der Waals surface area contributed by atoms with Gasteiger partial charge in [-0.3, -0.25) is 4.72 Å². The van der Waals surface area contributed by atoms with Gasteiger partial charge in [-0.2, -0.15) is 4.31 Å². The van der Waals surface area contributed by atoms with Gasteiger partial charge in [0.05, 0.1) is 29.3 Å². The Kier molecular flexibility index (Phi) is 7.52. The normalized spacial score (nSPS) is 12.2. The fourth-order valence-electron chi connectivity index (χ4n) is 2.68. The molecule has 0 amide bonds. The van der Waals surface area contributed by atoms with Gasteiger partial charge in [-0.05, 0) is 35.9 Å². The van der Waals surface area contributed by atoms with Crippen LogP contribution < -0.4 is 9.46 Å². The van der Waals surface area contributed by atoms with Crippen molar-refractivity contribution in [2.24, 2.45) is 0 Å². The smallest absolute Gasteiger partial charge is 0.262 e. The van der Waals surface area contributed by atoms with E-state index in [1.807, 2.05) is 0 Å². The topological polar surface area (TPSA) is 113 Å². The Hall–Kier alpha value is -1.85. The summed E-state index contributed by atoms with van der Waals surface area (Å²) in [6.45, 7) is 3.52. The highest BCUT2D eigenvalue weighted by molar-refractivity contribution is 7.92. The largest absolute Gasteiger partial charge is 0.497 e. The number of hydrogen-bond donors (Lipinski definition) is 2. The van der Waals surface area contributed by atoms with Crippen molar-refractivity contribution < 1.29 is 26.7 Å². The molecule has 0 radical (unpaired) electrons. The molecule has 0 unspecified atom stereocenters. The molecule has 0 aromatic heterocycles. The van der Waals surface area contributed by atoms with Gasteiger partial charge in [-0.25, -0.2) is 16.8 Å². The zero-order valence-electron chi connectivity index (χ0n) is 16.2. The number of sulfonamides is 2. The summed E-state index contributed by atoms with van der Waals surface area (Å²) in [7, 11) is -6.58. The lowest BCUT2D eigenvalue weighted by Gasteiger charge is -2.20. The summed E-state index contributed by atoms with van der Waals surface area (Å²) in [5.74, 6) is 0.262. The van der Waals surface area contributed by atoms with Gasteiger partial charge in [0.15, 0.2) is 0 Å². The van der Waals surface area contributed by atoms with Gasteiger partial charge in [0, 0.05) is 19.2 Å². The van der Waals surface area contributed by atoms with Crippen LogP contribution >= 0.6 is 11.6 Å². The average molecular weight is 463 g/mol. The maximum atomic E-state index is 12.8. The molecule has 11 heteroatoms. The molecule has 8 nitrogen and oxygen atoms in total. The molecule has 0 aliphatic heterocycles. The number of halogens is 1. The highest BCUT2D eigenvalue weighted by Crippen LogP contribution is 2.29. The van der Waals surface area contributed by atoms with Crippen molar-refractivity contribution in [1.82, 2.24) is 4.31 Å². The molecule has 2 rings (SSSR count). The molecule has 2 N–H and O–H groups in total. The van der Waals surface area contributed by atoms with E-state index in [4.69, 9.17) is 16.3 Å². The second kappa shape index (κ2) is 9.31. The average Bonchev–Trinajstić information content (AvgIpc) is 2.69. The highest BCUT2D eigenvalue weighted by atomic mass is 35.5. The van der Waals surface area contributed by atoms with E-state index in [1.165, 1.54) is 47.8 Å². The van der Waals surface area contributed by atoms with E-state index >= 15 is 0 Å². The molecule has 0 atom stereocenters. The standard InChI is InChI=1S/C18H23ClN2O6S2/c1-4-21(5-2)29(25,26)18-10-14(6-7-17(18)19)20-28(23,24)16-9-13(12-22)8-15(11-16)27-3/h6-11,20,22H,4-5,12H2,1-3H3. The van der Waals surface area contributed by atoms with Crippen LogP contribution in [0.2, 0.25) is 5.02 Å². The Morgan fingerprint density at radius 3 is 2.28 bits per heavy atom. The SMILES string of the molecule is CCN(CC)S(=O)(=O)c1cc(NS(=O)(=O)c2cc(CO)cc(OC)c2)ccc1Cl. The molecule has 0 bridgehead atoms. The van der Waals surface area contributed by atoms with E-state index in [9.17, 15) is 21.9 Å². The molecule has 2 aromatic rings. The van der Waals surface area contributed by atoms with E-state index in [2.05, 4.69) is 4.72 Å². The molecule has 0 fully saturated rings. The third kappa shape index (κ3) is 5.20. The highest BCUT2D eigenvalue weighted by Gasteiger charge is 2.25. The van der Waals surface area contributed by atoms with Crippen molar-refractivity contribution in [2.45, 2.75) is 30.2 Å². The monoisotopic (exact) mass is 462 g/mol. The molecular weight excluding hydrogens is 440 g/mol. The van der Waals surface area contributed by atoms with Crippen LogP contribution in [-0.2, 0) is 26.7 Å². The minimum absolute atomic E-state index is 0.0104. The third-order valence-electron chi connectivity index (χ3n) is 4.18. The summed E-state index contributed by atoms with van der Waals surface area (Å²) < 4.78 is 59.8. The number of rotatable bonds is 9. The van der Waals surface area contributed by atoms with Gasteiger partial charge >= 0.3 is 0 Å². The number of aliphatic hydroxyl groups is 1. The zero-order chi connectivity index (χ0) is 21.8. The molecule has 0 saturated carbocycles. The second-order valence-electron chi connectivity index (χ2n) is 6.01. The maximum Gasteiger partial charge on any atom is 0.262 e. The molecule has 160 valence electrons. The first-order valence-electron chi connectivity index (χ1n) is 8.70. The Morgan fingerprint density at radius 1 is 1.07 bits per heavy atom. The summed E-state index contributed by atoms with van der Waals surface area (Å²) in [4.78, 5) is -0.325.